The van der Waals surface area contributed by atoms with Gasteiger partial charge in [0.1, 0.15) is 11.4 Å². The first-order valence-corrected chi connectivity index (χ1v) is 5.54. The number of aromatic nitrogens is 2. The maximum absolute atomic E-state index is 11.6. The summed E-state index contributed by atoms with van der Waals surface area (Å²) < 4.78 is 4.80. The van der Waals surface area contributed by atoms with Crippen LogP contribution in [0.4, 0.5) is 5.69 Å². The van der Waals surface area contributed by atoms with Gasteiger partial charge in [0.25, 0.3) is 0 Å². The Balaban J connectivity index is 2.21. The van der Waals surface area contributed by atoms with Crippen molar-refractivity contribution in [3.8, 4) is 0 Å². The highest BCUT2D eigenvalue weighted by Crippen LogP contribution is 2.33. The number of nitrogens with one attached hydrogen (secondary N) is 1. The molecule has 1 N–H and O–H groups in total. The Morgan fingerprint density at radius 1 is 1.69 bits per heavy atom. The summed E-state index contributed by atoms with van der Waals surface area (Å²) in [7, 11) is 0. The number of amides is 1. The number of fused-ring (bicyclic) bond motifs is 1. The highest BCUT2D eigenvalue weighted by Gasteiger charge is 2.34. The van der Waals surface area contributed by atoms with E-state index in [1.807, 2.05) is 0 Å². The molecule has 16 heavy (non-hydrogen) atoms. The number of thioether (sulfide) groups is 1. The summed E-state index contributed by atoms with van der Waals surface area (Å²) in [6, 6.07) is 0. The molecule has 1 amide bonds. The zero-order chi connectivity index (χ0) is 11.5. The summed E-state index contributed by atoms with van der Waals surface area (Å²) in [4.78, 5) is 30.8. The van der Waals surface area contributed by atoms with Gasteiger partial charge in [-0.15, -0.1) is 0 Å². The average Bonchev–Trinajstić information content (AvgIpc) is 2.28. The third-order valence-electron chi connectivity index (χ3n) is 1.90. The highest BCUT2D eigenvalue weighted by molar-refractivity contribution is 8.01. The SMILES string of the molecule is CCOC(=O)C1Sc2ncncc2NC1=O. The predicted octanol–water partition coefficient (Wildman–Crippen LogP) is 0.452. The Morgan fingerprint density at radius 3 is 3.25 bits per heavy atom. The Labute approximate surface area is 95.8 Å². The molecule has 1 aliphatic heterocycles. The van der Waals surface area contributed by atoms with Crippen LogP contribution in [-0.4, -0.2) is 33.7 Å². The second-order valence-corrected chi connectivity index (χ2v) is 4.07. The molecule has 1 aromatic heterocycles. The fraction of sp³-hybridized carbons (Fsp3) is 0.333. The van der Waals surface area contributed by atoms with Crippen molar-refractivity contribution in [3.05, 3.63) is 12.5 Å². The number of hydrogen-bond donors (Lipinski definition) is 1. The second-order valence-electron chi connectivity index (χ2n) is 2.98. The molecule has 0 bridgehead atoms. The van der Waals surface area contributed by atoms with Gasteiger partial charge < -0.3 is 10.1 Å². The lowest BCUT2D eigenvalue weighted by Gasteiger charge is -2.20. The van der Waals surface area contributed by atoms with Crippen LogP contribution in [0.2, 0.25) is 0 Å². The molecule has 1 aromatic rings. The lowest BCUT2D eigenvalue weighted by Crippen LogP contribution is -2.36. The molecule has 0 aromatic carbocycles. The molecule has 0 radical (unpaired) electrons. The number of esters is 1. The van der Waals surface area contributed by atoms with Gasteiger partial charge >= 0.3 is 5.97 Å². The normalized spacial score (nSPS) is 18.6. The molecule has 1 unspecified atom stereocenters. The van der Waals surface area contributed by atoms with Crippen LogP contribution in [0.3, 0.4) is 0 Å². The molecule has 0 aliphatic carbocycles. The number of carbonyl (C=O) groups excluding carboxylic acids is 2. The van der Waals surface area contributed by atoms with Crippen LogP contribution in [0.25, 0.3) is 0 Å². The first kappa shape index (κ1) is 10.9. The Hall–Kier alpha value is -1.63. The van der Waals surface area contributed by atoms with Crippen molar-refractivity contribution < 1.29 is 14.3 Å². The fourth-order valence-electron chi connectivity index (χ4n) is 1.23. The molecule has 1 atom stereocenters. The van der Waals surface area contributed by atoms with E-state index in [1.165, 1.54) is 12.5 Å². The van der Waals surface area contributed by atoms with Gasteiger partial charge in [-0.2, -0.15) is 0 Å². The molecular weight excluding hydrogens is 230 g/mol. The van der Waals surface area contributed by atoms with E-state index in [1.54, 1.807) is 6.92 Å². The summed E-state index contributed by atoms with van der Waals surface area (Å²) in [5.74, 6) is -0.944. The number of hydrogen-bond acceptors (Lipinski definition) is 6. The number of nitrogens with zero attached hydrogens (tertiary/aromatic N) is 2. The largest absolute Gasteiger partial charge is 0.465 e. The molecule has 2 rings (SSSR count). The zero-order valence-electron chi connectivity index (χ0n) is 8.47. The summed E-state index contributed by atoms with van der Waals surface area (Å²) in [6.07, 6.45) is 2.86. The minimum Gasteiger partial charge on any atom is -0.465 e. The van der Waals surface area contributed by atoms with E-state index in [0.29, 0.717) is 10.7 Å². The van der Waals surface area contributed by atoms with E-state index < -0.39 is 17.1 Å². The molecule has 0 saturated carbocycles. The third-order valence-corrected chi connectivity index (χ3v) is 3.09. The van der Waals surface area contributed by atoms with Gasteiger partial charge in [-0.3, -0.25) is 9.59 Å². The second kappa shape index (κ2) is 4.48. The maximum Gasteiger partial charge on any atom is 0.329 e. The van der Waals surface area contributed by atoms with Crippen LogP contribution in [-0.2, 0) is 14.3 Å². The quantitative estimate of drug-likeness (QED) is 0.458. The van der Waals surface area contributed by atoms with Gasteiger partial charge in [0.2, 0.25) is 5.91 Å². The van der Waals surface area contributed by atoms with Gasteiger partial charge in [-0.1, -0.05) is 11.8 Å². The van der Waals surface area contributed by atoms with E-state index in [4.69, 9.17) is 4.74 Å². The smallest absolute Gasteiger partial charge is 0.329 e. The van der Waals surface area contributed by atoms with Gasteiger partial charge in [0.15, 0.2) is 5.25 Å². The van der Waals surface area contributed by atoms with Gasteiger partial charge in [0.05, 0.1) is 18.5 Å². The molecular formula is C9H9N3O3S. The Morgan fingerprint density at radius 2 is 2.50 bits per heavy atom. The molecule has 1 aliphatic rings. The minimum absolute atomic E-state index is 0.250. The monoisotopic (exact) mass is 239 g/mol. The fourth-order valence-corrected chi connectivity index (χ4v) is 2.13. The molecule has 2 heterocycles. The van der Waals surface area contributed by atoms with Crippen molar-refractivity contribution in [3.63, 3.8) is 0 Å². The average molecular weight is 239 g/mol. The summed E-state index contributed by atoms with van der Waals surface area (Å²) in [5, 5.41) is 2.25. The number of carbonyl (C=O) groups is 2. The molecule has 0 spiro atoms. The first-order chi connectivity index (χ1) is 7.72. The standard InChI is InChI=1S/C9H9N3O3S/c1-2-15-9(14)6-7(13)12-5-3-10-4-11-8(5)16-6/h3-4,6H,2H2,1H3,(H,12,13). The first-order valence-electron chi connectivity index (χ1n) is 4.66. The highest BCUT2D eigenvalue weighted by atomic mass is 32.2. The van der Waals surface area contributed by atoms with Crippen LogP contribution in [0.1, 0.15) is 6.92 Å². The summed E-state index contributed by atoms with van der Waals surface area (Å²) >= 11 is 1.08. The van der Waals surface area contributed by atoms with Crippen molar-refractivity contribution in [1.82, 2.24) is 9.97 Å². The van der Waals surface area contributed by atoms with Crippen LogP contribution >= 0.6 is 11.8 Å². The Kier molecular flexibility index (Phi) is 3.04. The van der Waals surface area contributed by atoms with Gasteiger partial charge in [-0.05, 0) is 6.92 Å². The molecule has 0 fully saturated rings. The van der Waals surface area contributed by atoms with Crippen molar-refractivity contribution in [2.24, 2.45) is 0 Å². The summed E-state index contributed by atoms with van der Waals surface area (Å²) in [5.41, 5.74) is 0.526. The van der Waals surface area contributed by atoms with E-state index in [2.05, 4.69) is 15.3 Å². The van der Waals surface area contributed by atoms with E-state index in [-0.39, 0.29) is 6.61 Å². The number of rotatable bonds is 2. The van der Waals surface area contributed by atoms with Crippen molar-refractivity contribution >= 4 is 29.3 Å². The van der Waals surface area contributed by atoms with E-state index in [9.17, 15) is 9.59 Å². The molecule has 84 valence electrons. The van der Waals surface area contributed by atoms with Crippen LogP contribution in [0.5, 0.6) is 0 Å². The van der Waals surface area contributed by atoms with Crippen LogP contribution in [0, 0.1) is 0 Å². The lowest BCUT2D eigenvalue weighted by atomic mass is 10.3. The maximum atomic E-state index is 11.6. The van der Waals surface area contributed by atoms with Crippen molar-refractivity contribution in [2.75, 3.05) is 11.9 Å². The van der Waals surface area contributed by atoms with Crippen LogP contribution in [0.15, 0.2) is 17.6 Å². The van der Waals surface area contributed by atoms with E-state index >= 15 is 0 Å². The Bertz CT molecular complexity index is 438. The van der Waals surface area contributed by atoms with Gasteiger partial charge in [-0.25, -0.2) is 9.97 Å². The number of anilines is 1. The predicted molar refractivity (Wildman–Crippen MR) is 56.9 cm³/mol. The number of ether oxygens (including phenoxy) is 1. The molecule has 7 heteroatoms. The van der Waals surface area contributed by atoms with E-state index in [0.717, 1.165) is 11.8 Å². The zero-order valence-corrected chi connectivity index (χ0v) is 9.28. The third kappa shape index (κ3) is 1.99. The van der Waals surface area contributed by atoms with Gasteiger partial charge in [0, 0.05) is 0 Å². The topological polar surface area (TPSA) is 81.2 Å². The minimum atomic E-state index is -0.887. The molecule has 6 nitrogen and oxygen atoms in total. The lowest BCUT2D eigenvalue weighted by molar-refractivity contribution is -0.144. The van der Waals surface area contributed by atoms with Crippen LogP contribution < -0.4 is 5.32 Å². The molecule has 0 saturated heterocycles. The summed E-state index contributed by atoms with van der Waals surface area (Å²) in [6.45, 7) is 1.94. The van der Waals surface area contributed by atoms with Crippen molar-refractivity contribution in [2.45, 2.75) is 17.2 Å². The van der Waals surface area contributed by atoms with Crippen molar-refractivity contribution in [1.29, 1.82) is 0 Å².